The van der Waals surface area contributed by atoms with E-state index >= 15 is 0 Å². The molecule has 1 aromatic heterocycles. The molecule has 0 saturated carbocycles. The molecule has 0 unspecified atom stereocenters. The molecule has 2 rings (SSSR count). The van der Waals surface area contributed by atoms with Gasteiger partial charge in [-0.1, -0.05) is 29.3 Å². The lowest BCUT2D eigenvalue weighted by Gasteiger charge is -2.11. The van der Waals surface area contributed by atoms with Crippen molar-refractivity contribution in [3.8, 4) is 0 Å². The van der Waals surface area contributed by atoms with Crippen LogP contribution in [0, 0.1) is 6.92 Å². The van der Waals surface area contributed by atoms with E-state index in [1.807, 2.05) is 25.3 Å². The summed E-state index contributed by atoms with van der Waals surface area (Å²) in [6, 6.07) is 7.31. The Morgan fingerprint density at radius 3 is 2.44 bits per heavy atom. The van der Waals surface area contributed by atoms with Gasteiger partial charge < -0.3 is 11.1 Å². The van der Waals surface area contributed by atoms with Gasteiger partial charge in [-0.2, -0.15) is 0 Å². The standard InChI is InChI=1S/C13H13Cl2N3/c1-8-2-3-9(6-17-8)7-18-13-11(14)4-10(16)5-12(13)15/h2-6,18H,7,16H2,1H3. The lowest BCUT2D eigenvalue weighted by Crippen LogP contribution is -2.02. The van der Waals surface area contributed by atoms with Gasteiger partial charge in [-0.25, -0.2) is 0 Å². The quantitative estimate of drug-likeness (QED) is 0.840. The molecule has 0 spiro atoms. The van der Waals surface area contributed by atoms with Crippen molar-refractivity contribution in [2.75, 3.05) is 11.1 Å². The van der Waals surface area contributed by atoms with Crippen LogP contribution in [-0.4, -0.2) is 4.98 Å². The Labute approximate surface area is 116 Å². The third-order valence-electron chi connectivity index (χ3n) is 2.51. The van der Waals surface area contributed by atoms with Crippen molar-refractivity contribution in [1.82, 2.24) is 4.98 Å². The summed E-state index contributed by atoms with van der Waals surface area (Å²) in [7, 11) is 0. The van der Waals surface area contributed by atoms with Crippen molar-refractivity contribution < 1.29 is 0 Å². The first kappa shape index (κ1) is 13.0. The normalized spacial score (nSPS) is 10.4. The fraction of sp³-hybridized carbons (Fsp3) is 0.154. The maximum atomic E-state index is 6.08. The molecule has 0 aliphatic heterocycles. The molecule has 0 radical (unpaired) electrons. The van der Waals surface area contributed by atoms with E-state index < -0.39 is 0 Å². The maximum absolute atomic E-state index is 6.08. The Morgan fingerprint density at radius 2 is 1.89 bits per heavy atom. The highest BCUT2D eigenvalue weighted by molar-refractivity contribution is 6.39. The fourth-order valence-electron chi connectivity index (χ4n) is 1.56. The minimum absolute atomic E-state index is 0.514. The van der Waals surface area contributed by atoms with Crippen LogP contribution < -0.4 is 11.1 Å². The predicted molar refractivity (Wildman–Crippen MR) is 77.2 cm³/mol. The van der Waals surface area contributed by atoms with Gasteiger partial charge in [0, 0.05) is 24.1 Å². The average Bonchev–Trinajstić information content (AvgIpc) is 2.30. The van der Waals surface area contributed by atoms with Crippen molar-refractivity contribution in [1.29, 1.82) is 0 Å². The zero-order chi connectivity index (χ0) is 13.1. The van der Waals surface area contributed by atoms with Crippen molar-refractivity contribution in [2.24, 2.45) is 0 Å². The number of rotatable bonds is 3. The van der Waals surface area contributed by atoms with Gasteiger partial charge in [0.05, 0.1) is 15.7 Å². The molecule has 1 aromatic carbocycles. The highest BCUT2D eigenvalue weighted by Gasteiger charge is 2.06. The fourth-order valence-corrected chi connectivity index (χ4v) is 2.19. The summed E-state index contributed by atoms with van der Waals surface area (Å²) in [6.07, 6.45) is 1.82. The lowest BCUT2D eigenvalue weighted by atomic mass is 10.2. The van der Waals surface area contributed by atoms with Gasteiger partial charge in [-0.3, -0.25) is 4.98 Å². The summed E-state index contributed by atoms with van der Waals surface area (Å²) in [6.45, 7) is 2.56. The topological polar surface area (TPSA) is 50.9 Å². The number of nitrogens with zero attached hydrogens (tertiary/aromatic N) is 1. The molecule has 0 aliphatic rings. The number of nitrogens with two attached hydrogens (primary N) is 1. The summed E-state index contributed by atoms with van der Waals surface area (Å²) in [5.41, 5.74) is 8.93. The molecular formula is C13H13Cl2N3. The van der Waals surface area contributed by atoms with Gasteiger partial charge in [0.25, 0.3) is 0 Å². The SMILES string of the molecule is Cc1ccc(CNc2c(Cl)cc(N)cc2Cl)cn1. The van der Waals surface area contributed by atoms with Crippen LogP contribution in [0.2, 0.25) is 10.0 Å². The van der Waals surface area contributed by atoms with Crippen LogP contribution >= 0.6 is 23.2 Å². The number of nitrogen functional groups attached to an aromatic ring is 1. The number of aromatic nitrogens is 1. The molecule has 3 nitrogen and oxygen atoms in total. The summed E-state index contributed by atoms with van der Waals surface area (Å²) in [4.78, 5) is 4.22. The van der Waals surface area contributed by atoms with Gasteiger partial charge >= 0.3 is 0 Å². The Hall–Kier alpha value is -1.45. The molecule has 18 heavy (non-hydrogen) atoms. The van der Waals surface area contributed by atoms with Crippen molar-refractivity contribution in [3.63, 3.8) is 0 Å². The second kappa shape index (κ2) is 5.46. The van der Waals surface area contributed by atoms with Crippen molar-refractivity contribution in [3.05, 3.63) is 51.8 Å². The number of nitrogens with one attached hydrogen (secondary N) is 1. The highest BCUT2D eigenvalue weighted by atomic mass is 35.5. The van der Waals surface area contributed by atoms with E-state index in [1.165, 1.54) is 0 Å². The van der Waals surface area contributed by atoms with Crippen LogP contribution in [0.5, 0.6) is 0 Å². The molecule has 5 heteroatoms. The Bertz CT molecular complexity index is 530. The molecule has 0 aliphatic carbocycles. The summed E-state index contributed by atoms with van der Waals surface area (Å²) >= 11 is 12.2. The molecular weight excluding hydrogens is 269 g/mol. The van der Waals surface area contributed by atoms with Crippen LogP contribution in [-0.2, 0) is 6.54 Å². The van der Waals surface area contributed by atoms with E-state index in [2.05, 4.69) is 10.3 Å². The first-order chi connectivity index (χ1) is 8.56. The summed E-state index contributed by atoms with van der Waals surface area (Å²) in [5.74, 6) is 0. The van der Waals surface area contributed by atoms with Crippen LogP contribution in [0.25, 0.3) is 0 Å². The minimum Gasteiger partial charge on any atom is -0.399 e. The van der Waals surface area contributed by atoms with Crippen LogP contribution in [0.4, 0.5) is 11.4 Å². The van der Waals surface area contributed by atoms with Crippen molar-refractivity contribution in [2.45, 2.75) is 13.5 Å². The maximum Gasteiger partial charge on any atom is 0.0723 e. The van der Waals surface area contributed by atoms with E-state index in [-0.39, 0.29) is 0 Å². The van der Waals surface area contributed by atoms with E-state index in [0.717, 1.165) is 11.3 Å². The largest absolute Gasteiger partial charge is 0.399 e. The number of pyridine rings is 1. The van der Waals surface area contributed by atoms with Crippen LogP contribution in [0.1, 0.15) is 11.3 Å². The average molecular weight is 282 g/mol. The van der Waals surface area contributed by atoms with Gasteiger partial charge in [-0.15, -0.1) is 0 Å². The zero-order valence-corrected chi connectivity index (χ0v) is 11.4. The summed E-state index contributed by atoms with van der Waals surface area (Å²) < 4.78 is 0. The first-order valence-corrected chi connectivity index (χ1v) is 6.22. The van der Waals surface area contributed by atoms with Gasteiger partial charge in [0.1, 0.15) is 0 Å². The third kappa shape index (κ3) is 3.06. The van der Waals surface area contributed by atoms with E-state index in [9.17, 15) is 0 Å². The first-order valence-electron chi connectivity index (χ1n) is 5.46. The molecule has 0 saturated heterocycles. The minimum atomic E-state index is 0.514. The number of anilines is 2. The van der Waals surface area contributed by atoms with E-state index in [0.29, 0.717) is 28.0 Å². The number of hydrogen-bond acceptors (Lipinski definition) is 3. The van der Waals surface area contributed by atoms with Crippen molar-refractivity contribution >= 4 is 34.6 Å². The Morgan fingerprint density at radius 1 is 1.22 bits per heavy atom. The second-order valence-electron chi connectivity index (χ2n) is 4.02. The Kier molecular flexibility index (Phi) is 3.94. The van der Waals surface area contributed by atoms with Gasteiger partial charge in [0.15, 0.2) is 0 Å². The number of halogens is 2. The Balaban J connectivity index is 2.13. The predicted octanol–water partition coefficient (Wildman–Crippen LogP) is 3.89. The van der Waals surface area contributed by atoms with E-state index in [1.54, 1.807) is 12.1 Å². The molecule has 0 amide bonds. The number of hydrogen-bond donors (Lipinski definition) is 2. The molecule has 0 atom stereocenters. The lowest BCUT2D eigenvalue weighted by molar-refractivity contribution is 1.09. The third-order valence-corrected chi connectivity index (χ3v) is 3.10. The second-order valence-corrected chi connectivity index (χ2v) is 4.84. The van der Waals surface area contributed by atoms with Gasteiger partial charge in [0.2, 0.25) is 0 Å². The highest BCUT2D eigenvalue weighted by Crippen LogP contribution is 2.33. The van der Waals surface area contributed by atoms with Crippen LogP contribution in [0.15, 0.2) is 30.5 Å². The monoisotopic (exact) mass is 281 g/mol. The molecule has 94 valence electrons. The van der Waals surface area contributed by atoms with E-state index in [4.69, 9.17) is 28.9 Å². The molecule has 2 aromatic rings. The summed E-state index contributed by atoms with van der Waals surface area (Å²) in [5, 5.41) is 4.21. The van der Waals surface area contributed by atoms with Crippen LogP contribution in [0.3, 0.4) is 0 Å². The number of benzene rings is 1. The molecule has 3 N–H and O–H groups in total. The zero-order valence-electron chi connectivity index (χ0n) is 9.87. The smallest absolute Gasteiger partial charge is 0.0723 e. The number of aryl methyl sites for hydroxylation is 1. The molecule has 0 fully saturated rings. The van der Waals surface area contributed by atoms with Gasteiger partial charge in [-0.05, 0) is 30.7 Å². The molecule has 1 heterocycles. The molecule has 0 bridgehead atoms.